The van der Waals surface area contributed by atoms with E-state index in [4.69, 9.17) is 0 Å². The zero-order valence-electron chi connectivity index (χ0n) is 40.2. The van der Waals surface area contributed by atoms with Crippen molar-refractivity contribution in [3.05, 3.63) is 117 Å². The van der Waals surface area contributed by atoms with E-state index < -0.39 is 34.8 Å². The van der Waals surface area contributed by atoms with Crippen molar-refractivity contribution in [1.82, 2.24) is 39.0 Å². The van der Waals surface area contributed by atoms with E-state index in [1.807, 2.05) is 29.8 Å². The van der Waals surface area contributed by atoms with Gasteiger partial charge in [-0.1, -0.05) is 0 Å². The third-order valence-corrected chi connectivity index (χ3v) is 16.3. The molecular formula is C53H59F3N10O5. The van der Waals surface area contributed by atoms with Crippen molar-refractivity contribution in [1.29, 1.82) is 0 Å². The number of carbonyl (C=O) groups is 4. The highest BCUT2D eigenvalue weighted by molar-refractivity contribution is 6.15. The smallest absolute Gasteiger partial charge is 0.257 e. The van der Waals surface area contributed by atoms with Crippen LogP contribution >= 0.6 is 0 Å². The number of likely N-dealkylation sites (tertiary alicyclic amines) is 2. The first-order valence-electron chi connectivity index (χ1n) is 25.1. The number of rotatable bonds is 11. The number of imide groups is 1. The molecule has 15 nitrogen and oxygen atoms in total. The maximum atomic E-state index is 15.9. The summed E-state index contributed by atoms with van der Waals surface area (Å²) in [5, 5.41) is 6.18. The topological polar surface area (TPSA) is 148 Å². The van der Waals surface area contributed by atoms with Gasteiger partial charge in [0.15, 0.2) is 0 Å². The van der Waals surface area contributed by atoms with Crippen LogP contribution in [0.4, 0.5) is 24.5 Å². The van der Waals surface area contributed by atoms with Gasteiger partial charge in [0.1, 0.15) is 29.1 Å². The zero-order chi connectivity index (χ0) is 49.3. The van der Waals surface area contributed by atoms with Gasteiger partial charge in [0.25, 0.3) is 11.5 Å². The number of carbonyl (C=O) groups excluding carboxylic acids is 4. The van der Waals surface area contributed by atoms with Gasteiger partial charge in [-0.25, -0.2) is 18.2 Å². The molecule has 18 heteroatoms. The predicted octanol–water partition coefficient (Wildman–Crippen LogP) is 5.42. The van der Waals surface area contributed by atoms with E-state index in [-0.39, 0.29) is 53.2 Å². The molecule has 372 valence electrons. The predicted molar refractivity (Wildman–Crippen MR) is 261 cm³/mol. The van der Waals surface area contributed by atoms with E-state index >= 15 is 13.2 Å². The molecule has 11 rings (SSSR count). The summed E-state index contributed by atoms with van der Waals surface area (Å²) in [5.41, 5.74) is 4.21. The number of fused-ring (bicyclic) bond motifs is 3. The Hall–Kier alpha value is -6.37. The first kappa shape index (κ1) is 47.0. The Balaban J connectivity index is 0.649. The number of halogens is 3. The van der Waals surface area contributed by atoms with Crippen LogP contribution in [0.25, 0.3) is 16.7 Å². The summed E-state index contributed by atoms with van der Waals surface area (Å²) in [6, 6.07) is 12.1. The minimum atomic E-state index is -0.826. The number of anilines is 2. The summed E-state index contributed by atoms with van der Waals surface area (Å²) < 4.78 is 51.1. The maximum Gasteiger partial charge on any atom is 0.257 e. The molecule has 2 N–H and O–H groups in total. The number of benzene rings is 2. The van der Waals surface area contributed by atoms with Crippen LogP contribution in [0.5, 0.6) is 0 Å². The standard InChI is InChI=1S/C53H59F3N10O5/c1-57-36-10-18-65(47(68)26-36)43-5-13-58-49-38(43)27-37(60(49)2)31-61-14-8-33(9-15-61)48-41(55)24-34(25-42(48)56)51(70)64-16-6-32(7-17-64)29-62-19-21-63(22-20-62)30-35-23-39-45(28-40(35)54)66(52(71)53(39)11-12-53)44-3-4-46(67)59-50(44)69/h5,10,13,18,23-28,32-33,44,57H,3-4,6-9,11-12,14-17,19-22,29-31H2,1-2H3,(H,59,67,69)/t44-/m1/s1. The molecule has 1 atom stereocenters. The number of amides is 4. The van der Waals surface area contributed by atoms with Gasteiger partial charge in [0, 0.05) is 131 Å². The van der Waals surface area contributed by atoms with Gasteiger partial charge in [0.05, 0.1) is 16.8 Å². The third-order valence-electron chi connectivity index (χ3n) is 16.3. The number of piperidine rings is 3. The second-order valence-electron chi connectivity index (χ2n) is 20.5. The molecule has 6 aliphatic rings. The van der Waals surface area contributed by atoms with E-state index in [2.05, 4.69) is 36.4 Å². The number of nitrogens with one attached hydrogen (secondary N) is 2. The van der Waals surface area contributed by atoms with Crippen LogP contribution in [0.2, 0.25) is 0 Å². The van der Waals surface area contributed by atoms with Crippen molar-refractivity contribution in [2.45, 2.75) is 81.8 Å². The lowest BCUT2D eigenvalue weighted by molar-refractivity contribution is -0.135. The monoisotopic (exact) mass is 972 g/mol. The molecule has 2 aromatic carbocycles. The Labute approximate surface area is 409 Å². The molecule has 1 aliphatic carbocycles. The number of aromatic nitrogens is 3. The van der Waals surface area contributed by atoms with E-state index in [0.717, 1.165) is 79.2 Å². The number of aryl methyl sites for hydroxylation is 1. The summed E-state index contributed by atoms with van der Waals surface area (Å²) in [6.45, 7) is 7.28. The fourth-order valence-electron chi connectivity index (χ4n) is 12.0. The lowest BCUT2D eigenvalue weighted by Crippen LogP contribution is -2.54. The molecule has 1 spiro atoms. The Morgan fingerprint density at radius 1 is 0.789 bits per heavy atom. The average Bonchev–Trinajstić information content (AvgIpc) is 4.07. The molecule has 4 amide bonds. The third kappa shape index (κ3) is 8.70. The van der Waals surface area contributed by atoms with Gasteiger partial charge in [-0.2, -0.15) is 0 Å². The molecule has 0 bridgehead atoms. The van der Waals surface area contributed by atoms with Crippen LogP contribution in [0.1, 0.15) is 90.0 Å². The molecule has 5 aromatic rings. The second kappa shape index (κ2) is 18.7. The maximum absolute atomic E-state index is 15.9. The lowest BCUT2D eigenvalue weighted by atomic mass is 9.87. The van der Waals surface area contributed by atoms with Gasteiger partial charge >= 0.3 is 0 Å². The molecule has 0 unspecified atom stereocenters. The molecule has 3 aromatic heterocycles. The van der Waals surface area contributed by atoms with Gasteiger partial charge < -0.3 is 19.7 Å². The van der Waals surface area contributed by atoms with Crippen LogP contribution < -0.4 is 21.1 Å². The van der Waals surface area contributed by atoms with Gasteiger partial charge in [0.2, 0.25) is 17.7 Å². The van der Waals surface area contributed by atoms with Gasteiger partial charge in [-0.15, -0.1) is 0 Å². The summed E-state index contributed by atoms with van der Waals surface area (Å²) in [4.78, 5) is 79.4. The molecule has 0 radical (unpaired) electrons. The highest BCUT2D eigenvalue weighted by atomic mass is 19.1. The van der Waals surface area contributed by atoms with Crippen LogP contribution in [0.15, 0.2) is 65.7 Å². The van der Waals surface area contributed by atoms with E-state index in [9.17, 15) is 24.0 Å². The molecule has 71 heavy (non-hydrogen) atoms. The first-order chi connectivity index (χ1) is 34.3. The van der Waals surface area contributed by atoms with Crippen LogP contribution in [0.3, 0.4) is 0 Å². The SMILES string of the molecule is CNc1ccn(-c2ccnc3c2cc(CN2CCC(c4c(F)cc(C(=O)N5CCC(CN6CCN(Cc7cc8c(cc7F)N([C@@H]7CCC(=O)NC7=O)C(=O)C87CC7)CC6)CC5)cc4F)CC2)n3C)c(=O)c1. The van der Waals surface area contributed by atoms with Crippen LogP contribution in [0, 0.1) is 23.4 Å². The quantitative estimate of drug-likeness (QED) is 0.165. The fourth-order valence-corrected chi connectivity index (χ4v) is 12.0. The average molecular weight is 973 g/mol. The summed E-state index contributed by atoms with van der Waals surface area (Å²) in [6.07, 6.45) is 7.81. The van der Waals surface area contributed by atoms with Gasteiger partial charge in [-0.05, 0) is 118 Å². The number of piperazine rings is 1. The molecule has 1 saturated carbocycles. The molecule has 5 aliphatic heterocycles. The number of hydrogen-bond acceptors (Lipinski definition) is 10. The summed E-state index contributed by atoms with van der Waals surface area (Å²) >= 11 is 0. The Kier molecular flexibility index (Phi) is 12.4. The normalized spacial score (nSPS) is 21.4. The van der Waals surface area contributed by atoms with Crippen LogP contribution in [-0.2, 0) is 39.9 Å². The lowest BCUT2D eigenvalue weighted by Gasteiger charge is -2.39. The minimum Gasteiger partial charge on any atom is -0.388 e. The summed E-state index contributed by atoms with van der Waals surface area (Å²) in [5.74, 6) is -3.14. The molecular weight excluding hydrogens is 914 g/mol. The van der Waals surface area contributed by atoms with Crippen molar-refractivity contribution < 1.29 is 32.3 Å². The van der Waals surface area contributed by atoms with E-state index in [0.29, 0.717) is 82.1 Å². The second-order valence-corrected chi connectivity index (χ2v) is 20.5. The molecule has 4 saturated heterocycles. The minimum absolute atomic E-state index is 0.0325. The van der Waals surface area contributed by atoms with Crippen molar-refractivity contribution >= 4 is 46.0 Å². The van der Waals surface area contributed by atoms with Crippen molar-refractivity contribution in [2.24, 2.45) is 13.0 Å². The van der Waals surface area contributed by atoms with Crippen molar-refractivity contribution in [3.8, 4) is 5.69 Å². The van der Waals surface area contributed by atoms with E-state index in [1.54, 1.807) is 35.0 Å². The van der Waals surface area contributed by atoms with Crippen molar-refractivity contribution in [3.63, 3.8) is 0 Å². The van der Waals surface area contributed by atoms with Gasteiger partial charge in [-0.3, -0.25) is 48.6 Å². The van der Waals surface area contributed by atoms with E-state index in [1.165, 1.54) is 23.1 Å². The molecule has 8 heterocycles. The van der Waals surface area contributed by atoms with Crippen molar-refractivity contribution in [2.75, 3.05) is 76.2 Å². The summed E-state index contributed by atoms with van der Waals surface area (Å²) in [7, 11) is 3.72. The van der Waals surface area contributed by atoms with Crippen LogP contribution in [-0.4, -0.2) is 129 Å². The Morgan fingerprint density at radius 3 is 2.17 bits per heavy atom. The highest BCUT2D eigenvalue weighted by Gasteiger charge is 2.61. The number of hydrogen-bond donors (Lipinski definition) is 2. The number of pyridine rings is 2. The Morgan fingerprint density at radius 2 is 1.49 bits per heavy atom. The Bertz CT molecular complexity index is 3000. The number of nitrogens with zero attached hydrogens (tertiary/aromatic N) is 8. The first-order valence-corrected chi connectivity index (χ1v) is 25.1. The largest absolute Gasteiger partial charge is 0.388 e. The molecule has 5 fully saturated rings. The zero-order valence-corrected chi connectivity index (χ0v) is 40.2. The fraction of sp³-hybridized carbons (Fsp3) is 0.472. The highest BCUT2D eigenvalue weighted by Crippen LogP contribution is 2.58.